The quantitative estimate of drug-likeness (QED) is 0.501. The van der Waals surface area contributed by atoms with E-state index in [1.54, 1.807) is 6.33 Å². The van der Waals surface area contributed by atoms with Gasteiger partial charge in [-0.25, -0.2) is 0 Å². The summed E-state index contributed by atoms with van der Waals surface area (Å²) in [4.78, 5) is 24.1. The van der Waals surface area contributed by atoms with Gasteiger partial charge in [0.25, 0.3) is 0 Å². The minimum atomic E-state index is -0.750. The number of likely N-dealkylation sites (tertiary alicyclic amines) is 1. The van der Waals surface area contributed by atoms with E-state index in [-0.39, 0.29) is 11.9 Å². The van der Waals surface area contributed by atoms with Gasteiger partial charge in [0.15, 0.2) is 0 Å². The van der Waals surface area contributed by atoms with Crippen LogP contribution in [-0.4, -0.2) is 72.2 Å². The van der Waals surface area contributed by atoms with Crippen LogP contribution in [0.2, 0.25) is 0 Å². The Kier molecular flexibility index (Phi) is 4.81. The van der Waals surface area contributed by atoms with Gasteiger partial charge in [-0.15, -0.1) is 0 Å². The van der Waals surface area contributed by atoms with Gasteiger partial charge in [-0.05, 0) is 0 Å². The van der Waals surface area contributed by atoms with E-state index in [4.69, 9.17) is 0 Å². The fourth-order valence-electron chi connectivity index (χ4n) is 5.40. The van der Waals surface area contributed by atoms with Crippen LogP contribution in [0.25, 0.3) is 28.2 Å². The molecule has 6 rings (SSSR count). The zero-order valence-corrected chi connectivity index (χ0v) is 20.5. The second-order valence-electron chi connectivity index (χ2n) is 8.92. The van der Waals surface area contributed by atoms with E-state index in [0.29, 0.717) is 19.5 Å². The van der Waals surface area contributed by atoms with Gasteiger partial charge in [-0.2, -0.15) is 0 Å². The summed E-state index contributed by atoms with van der Waals surface area (Å²) in [6.45, 7) is 2.19. The van der Waals surface area contributed by atoms with Gasteiger partial charge in [-0.1, -0.05) is 0 Å². The van der Waals surface area contributed by atoms with Gasteiger partial charge >= 0.3 is 184 Å². The molecular formula is C24H23N6OSn+. The van der Waals surface area contributed by atoms with E-state index in [9.17, 15) is 10.1 Å². The Morgan fingerprint density at radius 3 is 3.00 bits per heavy atom. The first-order valence-corrected chi connectivity index (χ1v) is 14.2. The molecule has 7 nitrogen and oxygen atoms in total. The van der Waals surface area contributed by atoms with Crippen molar-refractivity contribution in [3.05, 3.63) is 46.4 Å². The van der Waals surface area contributed by atoms with Crippen molar-refractivity contribution >= 4 is 47.7 Å². The molecule has 0 saturated carbocycles. The number of quaternary nitrogens is 1. The predicted molar refractivity (Wildman–Crippen MR) is 122 cm³/mol. The molecule has 3 aromatic rings. The Balaban J connectivity index is 1.43. The summed E-state index contributed by atoms with van der Waals surface area (Å²) >= 11 is -0.750. The number of fused-ring (bicyclic) bond motifs is 2. The third-order valence-corrected chi connectivity index (χ3v) is 9.88. The van der Waals surface area contributed by atoms with Gasteiger partial charge in [0.2, 0.25) is 0 Å². The molecule has 0 spiro atoms. The van der Waals surface area contributed by atoms with Crippen LogP contribution in [0.5, 0.6) is 0 Å². The minimum absolute atomic E-state index is 0.0487. The third kappa shape index (κ3) is 3.00. The molecule has 2 fully saturated rings. The first-order chi connectivity index (χ1) is 15.7. The summed E-state index contributed by atoms with van der Waals surface area (Å²) < 4.78 is 5.75. The number of rotatable bonds is 4. The second kappa shape index (κ2) is 7.71. The first-order valence-electron chi connectivity index (χ1n) is 11.1. The van der Waals surface area contributed by atoms with Crippen LogP contribution in [0.3, 0.4) is 0 Å². The number of hydrogen-bond donors (Lipinski definition) is 1. The number of benzene rings is 1. The van der Waals surface area contributed by atoms with Crippen molar-refractivity contribution < 1.29 is 10.1 Å². The summed E-state index contributed by atoms with van der Waals surface area (Å²) in [5.41, 5.74) is 3.89. The molecular weight excluding hydrogens is 507 g/mol. The van der Waals surface area contributed by atoms with Crippen molar-refractivity contribution in [2.75, 3.05) is 19.6 Å². The Morgan fingerprint density at radius 2 is 2.19 bits per heavy atom. The van der Waals surface area contributed by atoms with Crippen molar-refractivity contribution in [2.45, 2.75) is 30.8 Å². The van der Waals surface area contributed by atoms with Crippen LogP contribution in [0.1, 0.15) is 24.8 Å². The number of hydrogen-bond acceptors (Lipinski definition) is 4. The van der Waals surface area contributed by atoms with Crippen LogP contribution >= 0.6 is 0 Å². The molecule has 2 N–H and O–H groups in total. The maximum atomic E-state index is 13.0. The van der Waals surface area contributed by atoms with Crippen LogP contribution in [0, 0.1) is 11.3 Å². The fraction of sp³-hybridized carbons (Fsp3) is 0.333. The van der Waals surface area contributed by atoms with Crippen molar-refractivity contribution in [3.63, 3.8) is 0 Å². The van der Waals surface area contributed by atoms with E-state index < -0.39 is 26.7 Å². The van der Waals surface area contributed by atoms with Crippen molar-refractivity contribution in [2.24, 2.45) is 0 Å². The molecule has 8 heteroatoms. The number of nitriles is 1. The Bertz CT molecular complexity index is 1290. The van der Waals surface area contributed by atoms with Crippen LogP contribution < -0.4 is 9.03 Å². The molecule has 2 aromatic heterocycles. The normalized spacial score (nSPS) is 20.8. The zero-order valence-electron chi connectivity index (χ0n) is 17.7. The molecule has 1 aromatic carbocycles. The average Bonchev–Trinajstić information content (AvgIpc) is 3.55. The summed E-state index contributed by atoms with van der Waals surface area (Å²) in [7, 11) is 0. The van der Waals surface area contributed by atoms with Crippen molar-refractivity contribution in [1.29, 1.82) is 5.26 Å². The third-order valence-electron chi connectivity index (χ3n) is 7.01. The first kappa shape index (κ1) is 19.9. The van der Waals surface area contributed by atoms with Gasteiger partial charge in [-0.3, -0.25) is 0 Å². The number of carbonyl (C=O) groups is 1. The molecule has 158 valence electrons. The summed E-state index contributed by atoms with van der Waals surface area (Å²) in [6, 6.07) is 10.8. The number of amides is 1. The molecule has 3 aliphatic rings. The zero-order chi connectivity index (χ0) is 21.7. The number of nitrogens with zero attached hydrogens (tertiary/aromatic N) is 5. The fourth-order valence-corrected chi connectivity index (χ4v) is 7.96. The van der Waals surface area contributed by atoms with Gasteiger partial charge in [0.1, 0.15) is 0 Å². The Labute approximate surface area is 196 Å². The van der Waals surface area contributed by atoms with Gasteiger partial charge in [0.05, 0.1) is 6.54 Å². The molecule has 5 heterocycles. The van der Waals surface area contributed by atoms with Gasteiger partial charge < -0.3 is 0 Å². The summed E-state index contributed by atoms with van der Waals surface area (Å²) in [5.74, 6) is 0.220. The number of carbonyl (C=O) groups excluding carboxylic acids is 1. The van der Waals surface area contributed by atoms with E-state index >= 15 is 0 Å². The van der Waals surface area contributed by atoms with Crippen LogP contribution in [0.15, 0.2) is 40.9 Å². The van der Waals surface area contributed by atoms with E-state index in [0.717, 1.165) is 47.1 Å². The number of nitrogens with two attached hydrogens (primary N) is 1. The standard InChI is InChI=1S/C24H22N6O.Sn/c1-2-17-12-26-16-28-22(17)19-13-30(21-8-4-3-6-18(19)21)24(9-10-25)14-29(15-24)23(31)20-7-5-11-27-20;/h1-4,6,8,13,16,20,27H,5,7,9,11,14-15H2;/p+1. The molecule has 1 unspecified atom stereocenters. The monoisotopic (exact) mass is 531 g/mol. The SMILES string of the molecule is N#CCC1(n2cc(-c3ncn[c]4c3C=[CH][Sn]4)c3ccccc32)CN(C(=O)C2CCC[NH2+]2)C1. The van der Waals surface area contributed by atoms with E-state index in [1.165, 1.54) is 3.71 Å². The average molecular weight is 530 g/mol. The Morgan fingerprint density at radius 1 is 1.31 bits per heavy atom. The number of para-hydroxylation sites is 1. The number of aromatic nitrogens is 3. The van der Waals surface area contributed by atoms with Crippen molar-refractivity contribution in [1.82, 2.24) is 19.4 Å². The van der Waals surface area contributed by atoms with E-state index in [2.05, 4.69) is 54.4 Å². The van der Waals surface area contributed by atoms with Crippen LogP contribution in [0.4, 0.5) is 0 Å². The Hall–Kier alpha value is -2.70. The molecule has 2 radical (unpaired) electrons. The molecule has 0 aliphatic carbocycles. The second-order valence-corrected chi connectivity index (χ2v) is 12.0. The molecule has 32 heavy (non-hydrogen) atoms. The van der Waals surface area contributed by atoms with Crippen LogP contribution in [-0.2, 0) is 10.3 Å². The molecule has 2 saturated heterocycles. The molecule has 1 amide bonds. The molecule has 0 bridgehead atoms. The van der Waals surface area contributed by atoms with Crippen molar-refractivity contribution in [3.8, 4) is 17.3 Å². The summed E-state index contributed by atoms with van der Waals surface area (Å²) in [5, 5.41) is 13.0. The molecule has 1 atom stereocenters. The topological polar surface area (TPSA) is 91.4 Å². The predicted octanol–water partition coefficient (Wildman–Crippen LogP) is 0.589. The van der Waals surface area contributed by atoms with Gasteiger partial charge in [0, 0.05) is 6.42 Å². The molecule has 3 aliphatic heterocycles. The van der Waals surface area contributed by atoms with E-state index in [1.807, 2.05) is 17.0 Å². The maximum absolute atomic E-state index is 13.0. The summed E-state index contributed by atoms with van der Waals surface area (Å²) in [6.07, 6.45) is 8.44.